The Hall–Kier alpha value is -0.800. The highest BCUT2D eigenvalue weighted by atomic mass is 127. The van der Waals surface area contributed by atoms with Gasteiger partial charge in [-0.15, -0.1) is 11.3 Å². The van der Waals surface area contributed by atoms with E-state index < -0.39 is 0 Å². The molecule has 96 valence electrons. The molecule has 0 saturated carbocycles. The fraction of sp³-hybridized carbons (Fsp3) is 0.364. The van der Waals surface area contributed by atoms with E-state index in [1.807, 2.05) is 12.3 Å². The molecule has 18 heavy (non-hydrogen) atoms. The van der Waals surface area contributed by atoms with E-state index in [9.17, 15) is 0 Å². The van der Waals surface area contributed by atoms with Gasteiger partial charge in [-0.2, -0.15) is 0 Å². The smallest absolute Gasteiger partial charge is 0.141 e. The summed E-state index contributed by atoms with van der Waals surface area (Å²) < 4.78 is 5.96. The molecule has 2 aromatic rings. The SMILES string of the molecule is COCc1nc(Cc2csc(C)n2)nc(N)c1I. The number of anilines is 1. The van der Waals surface area contributed by atoms with Crippen molar-refractivity contribution in [3.8, 4) is 0 Å². The molecule has 0 aliphatic rings. The number of nitrogens with zero attached hydrogens (tertiary/aromatic N) is 3. The lowest BCUT2D eigenvalue weighted by Crippen LogP contribution is -2.08. The Morgan fingerprint density at radius 1 is 1.39 bits per heavy atom. The first-order valence-corrected chi connectivity index (χ1v) is 7.26. The van der Waals surface area contributed by atoms with Crippen molar-refractivity contribution in [3.05, 3.63) is 31.2 Å². The van der Waals surface area contributed by atoms with Crippen LogP contribution >= 0.6 is 33.9 Å². The van der Waals surface area contributed by atoms with Gasteiger partial charge in [0.15, 0.2) is 0 Å². The molecule has 2 heterocycles. The highest BCUT2D eigenvalue weighted by molar-refractivity contribution is 14.1. The molecule has 0 spiro atoms. The fourth-order valence-electron chi connectivity index (χ4n) is 1.53. The molecule has 2 aromatic heterocycles. The zero-order valence-corrected chi connectivity index (χ0v) is 13.1. The lowest BCUT2D eigenvalue weighted by Gasteiger charge is -2.07. The number of nitrogen functional groups attached to an aromatic ring is 1. The average molecular weight is 376 g/mol. The number of hydrogen-bond acceptors (Lipinski definition) is 6. The van der Waals surface area contributed by atoms with Crippen LogP contribution in [-0.2, 0) is 17.8 Å². The van der Waals surface area contributed by atoms with Crippen LogP contribution in [-0.4, -0.2) is 22.1 Å². The van der Waals surface area contributed by atoms with Crippen LogP contribution < -0.4 is 5.73 Å². The summed E-state index contributed by atoms with van der Waals surface area (Å²) in [5.74, 6) is 1.19. The topological polar surface area (TPSA) is 73.9 Å². The third-order valence-corrected chi connectivity index (χ3v) is 4.28. The Kier molecular flexibility index (Phi) is 4.46. The van der Waals surface area contributed by atoms with E-state index in [2.05, 4.69) is 37.5 Å². The molecule has 0 fully saturated rings. The molecular weight excluding hydrogens is 363 g/mol. The highest BCUT2D eigenvalue weighted by Gasteiger charge is 2.11. The molecule has 2 N–H and O–H groups in total. The van der Waals surface area contributed by atoms with E-state index in [4.69, 9.17) is 10.5 Å². The summed E-state index contributed by atoms with van der Waals surface area (Å²) in [5.41, 5.74) is 7.68. The highest BCUT2D eigenvalue weighted by Crippen LogP contribution is 2.19. The van der Waals surface area contributed by atoms with E-state index in [0.717, 1.165) is 20.0 Å². The summed E-state index contributed by atoms with van der Waals surface area (Å²) in [4.78, 5) is 13.2. The van der Waals surface area contributed by atoms with E-state index in [1.54, 1.807) is 18.4 Å². The van der Waals surface area contributed by atoms with Crippen molar-refractivity contribution in [2.45, 2.75) is 20.0 Å². The molecule has 0 aliphatic heterocycles. The first-order chi connectivity index (χ1) is 8.60. The molecule has 7 heteroatoms. The van der Waals surface area contributed by atoms with E-state index >= 15 is 0 Å². The third kappa shape index (κ3) is 3.15. The van der Waals surface area contributed by atoms with Crippen molar-refractivity contribution in [3.63, 3.8) is 0 Å². The molecule has 0 unspecified atom stereocenters. The minimum atomic E-state index is 0.439. The van der Waals surface area contributed by atoms with Crippen molar-refractivity contribution >= 4 is 39.7 Å². The second-order valence-electron chi connectivity index (χ2n) is 3.75. The normalized spacial score (nSPS) is 10.8. The second kappa shape index (κ2) is 5.89. The number of methoxy groups -OCH3 is 1. The average Bonchev–Trinajstić information content (AvgIpc) is 2.71. The standard InChI is InChI=1S/C11H13IN4OS/c1-6-14-7(5-18-6)3-9-15-8(4-17-2)10(12)11(13)16-9/h5H,3-4H2,1-2H3,(H2,13,15,16). The van der Waals surface area contributed by atoms with Crippen LogP contribution in [0.5, 0.6) is 0 Å². The molecule has 0 saturated heterocycles. The largest absolute Gasteiger partial charge is 0.383 e. The maximum absolute atomic E-state index is 5.88. The Morgan fingerprint density at radius 2 is 2.17 bits per heavy atom. The monoisotopic (exact) mass is 376 g/mol. The third-order valence-electron chi connectivity index (χ3n) is 2.28. The van der Waals surface area contributed by atoms with Crippen LogP contribution in [0.2, 0.25) is 0 Å². The Labute approximate surface area is 123 Å². The molecule has 0 bridgehead atoms. The maximum atomic E-state index is 5.88. The maximum Gasteiger partial charge on any atom is 0.141 e. The van der Waals surface area contributed by atoms with Gasteiger partial charge in [0, 0.05) is 12.5 Å². The summed E-state index contributed by atoms with van der Waals surface area (Å²) in [6.07, 6.45) is 0.599. The molecule has 2 rings (SSSR count). The van der Waals surface area contributed by atoms with Crippen LogP contribution in [0.3, 0.4) is 0 Å². The summed E-state index contributed by atoms with van der Waals surface area (Å²) in [6, 6.07) is 0. The minimum absolute atomic E-state index is 0.439. The number of ether oxygens (including phenoxy) is 1. The lowest BCUT2D eigenvalue weighted by atomic mass is 10.3. The minimum Gasteiger partial charge on any atom is -0.383 e. The van der Waals surface area contributed by atoms with Gasteiger partial charge in [-0.1, -0.05) is 0 Å². The van der Waals surface area contributed by atoms with Gasteiger partial charge in [-0.25, -0.2) is 15.0 Å². The number of rotatable bonds is 4. The van der Waals surface area contributed by atoms with Gasteiger partial charge in [0.05, 0.1) is 33.0 Å². The van der Waals surface area contributed by atoms with Crippen molar-refractivity contribution in [2.24, 2.45) is 0 Å². The van der Waals surface area contributed by atoms with Crippen LogP contribution in [0.25, 0.3) is 0 Å². The molecular formula is C11H13IN4OS. The number of aryl methyl sites for hydroxylation is 1. The van der Waals surface area contributed by atoms with E-state index in [0.29, 0.717) is 24.7 Å². The van der Waals surface area contributed by atoms with Gasteiger partial charge in [0.2, 0.25) is 0 Å². The van der Waals surface area contributed by atoms with Crippen molar-refractivity contribution < 1.29 is 4.74 Å². The predicted molar refractivity (Wildman–Crippen MR) is 79.5 cm³/mol. The van der Waals surface area contributed by atoms with Crippen LogP contribution in [0.1, 0.15) is 22.2 Å². The predicted octanol–water partition coefficient (Wildman–Crippen LogP) is 2.17. The second-order valence-corrected chi connectivity index (χ2v) is 5.89. The Balaban J connectivity index is 2.28. The summed E-state index contributed by atoms with van der Waals surface area (Å²) in [7, 11) is 1.64. The van der Waals surface area contributed by atoms with E-state index in [-0.39, 0.29) is 0 Å². The summed E-state index contributed by atoms with van der Waals surface area (Å²) >= 11 is 3.76. The van der Waals surface area contributed by atoms with Crippen molar-refractivity contribution in [1.82, 2.24) is 15.0 Å². The lowest BCUT2D eigenvalue weighted by molar-refractivity contribution is 0.180. The van der Waals surface area contributed by atoms with Crippen LogP contribution in [0, 0.1) is 10.5 Å². The molecule has 5 nitrogen and oxygen atoms in total. The van der Waals surface area contributed by atoms with Crippen molar-refractivity contribution in [2.75, 3.05) is 12.8 Å². The van der Waals surface area contributed by atoms with Gasteiger partial charge < -0.3 is 10.5 Å². The van der Waals surface area contributed by atoms with Gasteiger partial charge >= 0.3 is 0 Å². The molecule has 0 atom stereocenters. The molecule has 0 amide bonds. The molecule has 0 aromatic carbocycles. The zero-order chi connectivity index (χ0) is 13.1. The summed E-state index contributed by atoms with van der Waals surface area (Å²) in [6.45, 7) is 2.42. The molecule has 0 aliphatic carbocycles. The molecule has 0 radical (unpaired) electrons. The number of thiazole rings is 1. The van der Waals surface area contributed by atoms with Crippen molar-refractivity contribution in [1.29, 1.82) is 0 Å². The number of hydrogen-bond donors (Lipinski definition) is 1. The van der Waals surface area contributed by atoms with Gasteiger partial charge in [-0.3, -0.25) is 0 Å². The van der Waals surface area contributed by atoms with E-state index in [1.165, 1.54) is 0 Å². The Bertz CT molecular complexity index is 558. The summed E-state index contributed by atoms with van der Waals surface area (Å²) in [5, 5.41) is 3.06. The van der Waals surface area contributed by atoms with Gasteiger partial charge in [0.1, 0.15) is 11.6 Å². The Morgan fingerprint density at radius 3 is 2.78 bits per heavy atom. The number of nitrogens with two attached hydrogens (primary N) is 1. The number of halogens is 1. The number of aromatic nitrogens is 3. The zero-order valence-electron chi connectivity index (χ0n) is 10.1. The first kappa shape index (κ1) is 13.6. The fourth-order valence-corrected chi connectivity index (χ4v) is 2.54. The quantitative estimate of drug-likeness (QED) is 0.828. The van der Waals surface area contributed by atoms with Gasteiger partial charge in [-0.05, 0) is 29.5 Å². The van der Waals surface area contributed by atoms with Crippen LogP contribution in [0.4, 0.5) is 5.82 Å². The van der Waals surface area contributed by atoms with Crippen LogP contribution in [0.15, 0.2) is 5.38 Å². The van der Waals surface area contributed by atoms with Gasteiger partial charge in [0.25, 0.3) is 0 Å². The first-order valence-electron chi connectivity index (χ1n) is 5.31.